The topological polar surface area (TPSA) is 53.6 Å². The summed E-state index contributed by atoms with van der Waals surface area (Å²) in [5.41, 5.74) is 0.0489. The second kappa shape index (κ2) is 10.6. The third-order valence-corrected chi connectivity index (χ3v) is 3.92. The molecule has 0 aliphatic carbocycles. The standard InChI is InChI=1S/C13H27N3O2.2ClH/c1-11(9-14-2)12(17)15-10-13(16(3)4)5-7-18-8-6-13;;/h11,14H,5-10H2,1-4H3,(H,15,17);2*1H. The van der Waals surface area contributed by atoms with Gasteiger partial charge in [-0.2, -0.15) is 0 Å². The van der Waals surface area contributed by atoms with Crippen molar-refractivity contribution >= 4 is 30.7 Å². The first-order chi connectivity index (χ1) is 8.52. The zero-order valence-electron chi connectivity index (χ0n) is 12.9. The Morgan fingerprint density at radius 3 is 2.30 bits per heavy atom. The molecule has 5 nitrogen and oxygen atoms in total. The highest BCUT2D eigenvalue weighted by Crippen LogP contribution is 2.25. The maximum atomic E-state index is 11.9. The number of amides is 1. The molecule has 20 heavy (non-hydrogen) atoms. The SMILES string of the molecule is CNCC(C)C(=O)NCC1(N(C)C)CCOCC1.Cl.Cl. The van der Waals surface area contributed by atoms with Crippen molar-refractivity contribution in [2.24, 2.45) is 5.92 Å². The van der Waals surface area contributed by atoms with Crippen LogP contribution in [-0.4, -0.2) is 63.8 Å². The van der Waals surface area contributed by atoms with E-state index < -0.39 is 0 Å². The predicted octanol–water partition coefficient (Wildman–Crippen LogP) is 0.912. The van der Waals surface area contributed by atoms with Crippen molar-refractivity contribution in [1.29, 1.82) is 0 Å². The van der Waals surface area contributed by atoms with E-state index in [2.05, 4.69) is 29.6 Å². The molecule has 0 aromatic heterocycles. The molecule has 1 amide bonds. The molecule has 7 heteroatoms. The summed E-state index contributed by atoms with van der Waals surface area (Å²) in [6.07, 6.45) is 1.95. The first-order valence-corrected chi connectivity index (χ1v) is 6.69. The number of halogens is 2. The molecular weight excluding hydrogens is 301 g/mol. The van der Waals surface area contributed by atoms with Gasteiger partial charge in [0.15, 0.2) is 0 Å². The van der Waals surface area contributed by atoms with Crippen LogP contribution in [0.1, 0.15) is 19.8 Å². The van der Waals surface area contributed by atoms with E-state index in [1.54, 1.807) is 0 Å². The Morgan fingerprint density at radius 2 is 1.85 bits per heavy atom. The Kier molecular flexibility index (Phi) is 11.8. The van der Waals surface area contributed by atoms with Gasteiger partial charge < -0.3 is 20.3 Å². The highest BCUT2D eigenvalue weighted by Gasteiger charge is 2.35. The van der Waals surface area contributed by atoms with E-state index >= 15 is 0 Å². The number of carbonyl (C=O) groups excluding carboxylic acids is 1. The summed E-state index contributed by atoms with van der Waals surface area (Å²) in [7, 11) is 6.02. The monoisotopic (exact) mass is 329 g/mol. The van der Waals surface area contributed by atoms with Crippen molar-refractivity contribution in [2.75, 3.05) is 47.4 Å². The highest BCUT2D eigenvalue weighted by molar-refractivity contribution is 5.85. The van der Waals surface area contributed by atoms with Gasteiger partial charge >= 0.3 is 0 Å². The lowest BCUT2D eigenvalue weighted by Gasteiger charge is -2.43. The minimum Gasteiger partial charge on any atom is -0.381 e. The van der Waals surface area contributed by atoms with Crippen LogP contribution in [0.3, 0.4) is 0 Å². The van der Waals surface area contributed by atoms with E-state index in [1.165, 1.54) is 0 Å². The number of carbonyl (C=O) groups is 1. The molecule has 1 heterocycles. The molecule has 1 fully saturated rings. The molecule has 1 aliphatic heterocycles. The highest BCUT2D eigenvalue weighted by atomic mass is 35.5. The molecule has 2 N–H and O–H groups in total. The quantitative estimate of drug-likeness (QED) is 0.760. The number of ether oxygens (including phenoxy) is 1. The summed E-state index contributed by atoms with van der Waals surface area (Å²) in [5, 5.41) is 6.11. The Hall–Kier alpha value is -0.0700. The Morgan fingerprint density at radius 1 is 1.30 bits per heavy atom. The fourth-order valence-electron chi connectivity index (χ4n) is 2.36. The third-order valence-electron chi connectivity index (χ3n) is 3.92. The van der Waals surface area contributed by atoms with Gasteiger partial charge in [0.25, 0.3) is 0 Å². The first kappa shape index (κ1) is 22.2. The predicted molar refractivity (Wildman–Crippen MR) is 87.1 cm³/mol. The molecule has 0 bridgehead atoms. The summed E-state index contributed by atoms with van der Waals surface area (Å²) < 4.78 is 5.42. The molecule has 0 saturated carbocycles. The van der Waals surface area contributed by atoms with Gasteiger partial charge in [-0.25, -0.2) is 0 Å². The zero-order valence-corrected chi connectivity index (χ0v) is 14.5. The molecule has 1 aliphatic rings. The largest absolute Gasteiger partial charge is 0.381 e. The summed E-state index contributed by atoms with van der Waals surface area (Å²) in [6.45, 7) is 4.92. The Bertz CT molecular complexity index is 272. The molecule has 0 aromatic rings. The van der Waals surface area contributed by atoms with Crippen molar-refractivity contribution in [1.82, 2.24) is 15.5 Å². The normalized spacial score (nSPS) is 18.6. The first-order valence-electron chi connectivity index (χ1n) is 6.69. The van der Waals surface area contributed by atoms with Crippen LogP contribution >= 0.6 is 24.8 Å². The van der Waals surface area contributed by atoms with Gasteiger partial charge in [0.2, 0.25) is 5.91 Å². The van der Waals surface area contributed by atoms with Crippen LogP contribution < -0.4 is 10.6 Å². The molecule has 1 saturated heterocycles. The van der Waals surface area contributed by atoms with Crippen molar-refractivity contribution in [3.8, 4) is 0 Å². The molecule has 1 atom stereocenters. The van der Waals surface area contributed by atoms with E-state index in [9.17, 15) is 4.79 Å². The summed E-state index contributed by atoms with van der Waals surface area (Å²) in [5.74, 6) is 0.131. The lowest BCUT2D eigenvalue weighted by molar-refractivity contribution is -0.125. The summed E-state index contributed by atoms with van der Waals surface area (Å²) in [6, 6.07) is 0. The van der Waals surface area contributed by atoms with E-state index in [0.29, 0.717) is 13.1 Å². The van der Waals surface area contributed by atoms with E-state index in [0.717, 1.165) is 26.1 Å². The van der Waals surface area contributed by atoms with Crippen LogP contribution in [0.5, 0.6) is 0 Å². The van der Waals surface area contributed by atoms with Crippen LogP contribution in [0, 0.1) is 5.92 Å². The number of hydrogen-bond acceptors (Lipinski definition) is 4. The van der Waals surface area contributed by atoms with Crippen molar-refractivity contribution in [2.45, 2.75) is 25.3 Å². The smallest absolute Gasteiger partial charge is 0.224 e. The lowest BCUT2D eigenvalue weighted by atomic mass is 9.88. The zero-order chi connectivity index (χ0) is 13.6. The van der Waals surface area contributed by atoms with Gasteiger partial charge in [0.1, 0.15) is 0 Å². The number of nitrogens with zero attached hydrogens (tertiary/aromatic N) is 1. The number of rotatable bonds is 6. The minimum atomic E-state index is 0. The molecule has 1 unspecified atom stereocenters. The van der Waals surface area contributed by atoms with E-state index in [1.807, 2.05) is 14.0 Å². The van der Waals surface area contributed by atoms with Crippen LogP contribution in [0.25, 0.3) is 0 Å². The average molecular weight is 330 g/mol. The number of hydrogen-bond donors (Lipinski definition) is 2. The Balaban J connectivity index is 0. The van der Waals surface area contributed by atoms with Crippen molar-refractivity contribution in [3.05, 3.63) is 0 Å². The fraction of sp³-hybridized carbons (Fsp3) is 0.923. The molecule has 122 valence electrons. The number of nitrogens with one attached hydrogen (secondary N) is 2. The van der Waals surface area contributed by atoms with Gasteiger partial charge in [-0.1, -0.05) is 6.92 Å². The van der Waals surface area contributed by atoms with E-state index in [4.69, 9.17) is 4.74 Å². The molecule has 1 rings (SSSR count). The van der Waals surface area contributed by atoms with Crippen LogP contribution in [-0.2, 0) is 9.53 Å². The van der Waals surface area contributed by atoms with Crippen molar-refractivity contribution < 1.29 is 9.53 Å². The molecular formula is C13H29Cl2N3O2. The Labute approximate surface area is 135 Å². The van der Waals surface area contributed by atoms with Gasteiger partial charge in [-0.05, 0) is 34.0 Å². The van der Waals surface area contributed by atoms with Gasteiger partial charge in [-0.3, -0.25) is 4.79 Å². The summed E-state index contributed by atoms with van der Waals surface area (Å²) >= 11 is 0. The molecule has 0 radical (unpaired) electrons. The van der Waals surface area contributed by atoms with Crippen LogP contribution in [0.4, 0.5) is 0 Å². The van der Waals surface area contributed by atoms with Crippen molar-refractivity contribution in [3.63, 3.8) is 0 Å². The van der Waals surface area contributed by atoms with Gasteiger partial charge in [-0.15, -0.1) is 24.8 Å². The van der Waals surface area contributed by atoms with Gasteiger partial charge in [0, 0.05) is 37.8 Å². The summed E-state index contributed by atoms with van der Waals surface area (Å²) in [4.78, 5) is 14.2. The fourth-order valence-corrected chi connectivity index (χ4v) is 2.36. The van der Waals surface area contributed by atoms with Gasteiger partial charge in [0.05, 0.1) is 0 Å². The lowest BCUT2D eigenvalue weighted by Crippen LogP contribution is -2.56. The average Bonchev–Trinajstić information content (AvgIpc) is 2.37. The van der Waals surface area contributed by atoms with E-state index in [-0.39, 0.29) is 42.2 Å². The second-order valence-corrected chi connectivity index (χ2v) is 5.41. The van der Waals surface area contributed by atoms with Crippen LogP contribution in [0.2, 0.25) is 0 Å². The maximum Gasteiger partial charge on any atom is 0.224 e. The van der Waals surface area contributed by atoms with Crippen LogP contribution in [0.15, 0.2) is 0 Å². The maximum absolute atomic E-state index is 11.9. The molecule has 0 spiro atoms. The minimum absolute atomic E-state index is 0. The number of likely N-dealkylation sites (N-methyl/N-ethyl adjacent to an activating group) is 1. The second-order valence-electron chi connectivity index (χ2n) is 5.41. The third kappa shape index (κ3) is 6.14. The molecule has 0 aromatic carbocycles.